The highest BCUT2D eigenvalue weighted by Gasteiger charge is 2.18. The number of carbonyl (C=O) groups is 2. The highest BCUT2D eigenvalue weighted by Crippen LogP contribution is 2.26. The Morgan fingerprint density at radius 3 is 1.67 bits per heavy atom. The van der Waals surface area contributed by atoms with Crippen LogP contribution < -0.4 is 10.6 Å². The largest absolute Gasteiger partial charge is 0.317 e. The second kappa shape index (κ2) is 15.6. The Morgan fingerprint density at radius 2 is 1.19 bits per heavy atom. The molecule has 54 heavy (non-hydrogen) atoms. The predicted octanol–water partition coefficient (Wildman–Crippen LogP) is 4.81. The van der Waals surface area contributed by atoms with Gasteiger partial charge in [0.25, 0.3) is 11.8 Å². The number of amides is 2. The maximum Gasteiger partial charge on any atom is 0.274 e. The normalized spacial score (nSPS) is 10.6. The number of aromatic nitrogens is 13. The van der Waals surface area contributed by atoms with Gasteiger partial charge in [0.1, 0.15) is 34.2 Å². The van der Waals surface area contributed by atoms with E-state index >= 15 is 0 Å². The van der Waals surface area contributed by atoms with Gasteiger partial charge in [0.2, 0.25) is 0 Å². The minimum absolute atomic E-state index is 0.289. The first-order valence-corrected chi connectivity index (χ1v) is 16.4. The van der Waals surface area contributed by atoms with Crippen LogP contribution in [0, 0.1) is 6.92 Å². The van der Waals surface area contributed by atoms with Crippen molar-refractivity contribution in [1.29, 1.82) is 0 Å². The number of nitrogens with one attached hydrogen (secondary N) is 3. The molecule has 0 aromatic carbocycles. The molecule has 0 aliphatic heterocycles. The lowest BCUT2D eigenvalue weighted by Gasteiger charge is -2.07. The van der Waals surface area contributed by atoms with E-state index in [0.717, 1.165) is 16.7 Å². The van der Waals surface area contributed by atoms with Crippen molar-refractivity contribution in [2.24, 2.45) is 14.1 Å². The van der Waals surface area contributed by atoms with Gasteiger partial charge in [-0.05, 0) is 42.8 Å². The molecule has 0 spiro atoms. The van der Waals surface area contributed by atoms with Gasteiger partial charge in [0.15, 0.2) is 0 Å². The Kier molecular flexibility index (Phi) is 10.0. The smallest absolute Gasteiger partial charge is 0.274 e. The van der Waals surface area contributed by atoms with Crippen molar-refractivity contribution in [3.8, 4) is 45.3 Å². The summed E-state index contributed by atoms with van der Waals surface area (Å²) in [6.07, 6.45) is 19.8. The minimum Gasteiger partial charge on any atom is -0.317 e. The predicted molar refractivity (Wildman–Crippen MR) is 198 cm³/mol. The molecule has 17 heteroatoms. The number of hydrogen-bond donors (Lipinski definition) is 3. The first-order valence-electron chi connectivity index (χ1n) is 16.4. The average Bonchev–Trinajstić information content (AvgIpc) is 3.96. The summed E-state index contributed by atoms with van der Waals surface area (Å²) in [5.41, 5.74) is 7.93. The first-order chi connectivity index (χ1) is 26.3. The van der Waals surface area contributed by atoms with E-state index in [2.05, 4.69) is 65.9 Å². The molecule has 0 saturated heterocycles. The number of carbonyl (C=O) groups excluding carboxylic acids is 2. The molecule has 8 aromatic rings. The van der Waals surface area contributed by atoms with Crippen LogP contribution in [0.1, 0.15) is 26.5 Å². The topological polar surface area (TPSA) is 213 Å². The molecule has 266 valence electrons. The maximum atomic E-state index is 12.8. The van der Waals surface area contributed by atoms with Gasteiger partial charge >= 0.3 is 0 Å². The molecule has 8 aromatic heterocycles. The summed E-state index contributed by atoms with van der Waals surface area (Å²) in [4.78, 5) is 55.1. The number of anilines is 2. The van der Waals surface area contributed by atoms with Gasteiger partial charge in [-0.3, -0.25) is 49.0 Å². The van der Waals surface area contributed by atoms with Gasteiger partial charge in [0, 0.05) is 81.0 Å². The van der Waals surface area contributed by atoms with Crippen molar-refractivity contribution in [1.82, 2.24) is 64.6 Å². The van der Waals surface area contributed by atoms with E-state index < -0.39 is 0 Å². The summed E-state index contributed by atoms with van der Waals surface area (Å²) in [7, 11) is 3.55. The van der Waals surface area contributed by atoms with Crippen LogP contribution in [0.25, 0.3) is 45.3 Å². The third-order valence-corrected chi connectivity index (χ3v) is 7.69. The van der Waals surface area contributed by atoms with Crippen LogP contribution in [0.5, 0.6) is 0 Å². The Morgan fingerprint density at radius 1 is 0.630 bits per heavy atom. The van der Waals surface area contributed by atoms with E-state index in [0.29, 0.717) is 51.2 Å². The summed E-state index contributed by atoms with van der Waals surface area (Å²) in [6, 6.07) is 12.5. The Hall–Kier alpha value is -7.82. The third kappa shape index (κ3) is 8.05. The van der Waals surface area contributed by atoms with Crippen LogP contribution in [0.4, 0.5) is 11.4 Å². The number of H-pyrrole nitrogens is 1. The zero-order chi connectivity index (χ0) is 37.4. The first kappa shape index (κ1) is 34.6. The SMILES string of the molecule is Cc1cncc(-c2cccc(C(=O)Nc3cn(C)nc3-c3cnccn3)n2)c1.Cn1cc(NC(=O)c2cccc(-c3cn[nH]c3)n2)c(-c2cnccn2)n1. The molecule has 0 atom stereocenters. The fraction of sp³-hybridized carbons (Fsp3) is 0.0811. The van der Waals surface area contributed by atoms with E-state index in [-0.39, 0.29) is 17.5 Å². The molecule has 0 aliphatic carbocycles. The Bertz CT molecular complexity index is 2530. The van der Waals surface area contributed by atoms with Crippen LogP contribution in [-0.2, 0) is 14.1 Å². The highest BCUT2D eigenvalue weighted by molar-refractivity contribution is 6.05. The number of pyridine rings is 3. The Labute approximate surface area is 307 Å². The number of nitrogens with zero attached hydrogens (tertiary/aromatic N) is 12. The number of aromatic amines is 1. The van der Waals surface area contributed by atoms with Crippen LogP contribution in [0.2, 0.25) is 0 Å². The van der Waals surface area contributed by atoms with Crippen molar-refractivity contribution in [3.63, 3.8) is 0 Å². The summed E-state index contributed by atoms with van der Waals surface area (Å²) in [5.74, 6) is -0.672. The van der Waals surface area contributed by atoms with Gasteiger partial charge in [-0.15, -0.1) is 0 Å². The second-order valence-corrected chi connectivity index (χ2v) is 11.8. The van der Waals surface area contributed by atoms with Gasteiger partial charge in [-0.25, -0.2) is 9.97 Å². The Balaban J connectivity index is 0.000000167. The molecule has 17 nitrogen and oxygen atoms in total. The summed E-state index contributed by atoms with van der Waals surface area (Å²) in [5, 5.41) is 21.1. The zero-order valence-electron chi connectivity index (χ0n) is 29.2. The van der Waals surface area contributed by atoms with E-state index in [1.807, 2.05) is 25.1 Å². The molecule has 0 unspecified atom stereocenters. The lowest BCUT2D eigenvalue weighted by molar-refractivity contribution is 0.101. The fourth-order valence-corrected chi connectivity index (χ4v) is 5.28. The quantitative estimate of drug-likeness (QED) is 0.193. The van der Waals surface area contributed by atoms with Crippen molar-refractivity contribution >= 4 is 23.2 Å². The number of aryl methyl sites for hydroxylation is 3. The summed E-state index contributed by atoms with van der Waals surface area (Å²) >= 11 is 0. The summed E-state index contributed by atoms with van der Waals surface area (Å²) < 4.78 is 3.22. The molecule has 3 N–H and O–H groups in total. The number of hydrogen-bond acceptors (Lipinski definition) is 12. The number of rotatable bonds is 8. The molecule has 0 aliphatic rings. The minimum atomic E-state index is -0.339. The third-order valence-electron chi connectivity index (χ3n) is 7.69. The van der Waals surface area contributed by atoms with Gasteiger partial charge in [-0.1, -0.05) is 12.1 Å². The molecule has 2 amide bonds. The van der Waals surface area contributed by atoms with Crippen LogP contribution in [0.15, 0.2) is 117 Å². The molecule has 0 fully saturated rings. The monoisotopic (exact) mass is 717 g/mol. The summed E-state index contributed by atoms with van der Waals surface area (Å²) in [6.45, 7) is 1.96. The van der Waals surface area contributed by atoms with Crippen LogP contribution in [0.3, 0.4) is 0 Å². The molecule has 8 rings (SSSR count). The van der Waals surface area contributed by atoms with Gasteiger partial charge in [-0.2, -0.15) is 15.3 Å². The highest BCUT2D eigenvalue weighted by atomic mass is 16.2. The van der Waals surface area contributed by atoms with Crippen LogP contribution in [-0.4, -0.2) is 76.5 Å². The molecule has 8 heterocycles. The average molecular weight is 718 g/mol. The van der Waals surface area contributed by atoms with Crippen LogP contribution >= 0.6 is 0 Å². The molecule has 0 saturated carbocycles. The van der Waals surface area contributed by atoms with Gasteiger partial charge in [0.05, 0.1) is 41.4 Å². The van der Waals surface area contributed by atoms with E-state index in [4.69, 9.17) is 0 Å². The maximum absolute atomic E-state index is 12.8. The fourth-order valence-electron chi connectivity index (χ4n) is 5.28. The van der Waals surface area contributed by atoms with Crippen molar-refractivity contribution in [2.75, 3.05) is 10.6 Å². The van der Waals surface area contributed by atoms with E-state index in [1.165, 1.54) is 0 Å². The molecule has 0 radical (unpaired) electrons. The molecular weight excluding hydrogens is 687 g/mol. The van der Waals surface area contributed by atoms with E-state index in [9.17, 15) is 9.59 Å². The lowest BCUT2D eigenvalue weighted by atomic mass is 10.1. The standard InChI is InChI=1S/C20H17N7O.C17H14N8O/c1-13-8-14(10-22-9-13)15-4-3-5-16(24-15)20(28)25-18-12-27(2)26-19(18)17-11-21-6-7-23-17;1-25-10-15(16(24-25)14-9-18-5-6-19-14)23-17(26)13-4-2-3-12(22-13)11-7-20-21-8-11/h3-12H,1-2H3,(H,25,28);2-10H,1H3,(H,20,21)(H,23,26). The molecular formula is C37H31N15O2. The second-order valence-electron chi connectivity index (χ2n) is 11.8. The lowest BCUT2D eigenvalue weighted by Crippen LogP contribution is -2.14. The zero-order valence-corrected chi connectivity index (χ0v) is 29.2. The van der Waals surface area contributed by atoms with Crippen molar-refractivity contribution in [3.05, 3.63) is 134 Å². The van der Waals surface area contributed by atoms with Crippen molar-refractivity contribution in [2.45, 2.75) is 6.92 Å². The van der Waals surface area contributed by atoms with Gasteiger partial charge < -0.3 is 10.6 Å². The molecule has 0 bridgehead atoms. The van der Waals surface area contributed by atoms with E-state index in [1.54, 1.807) is 122 Å². The van der Waals surface area contributed by atoms with Crippen molar-refractivity contribution < 1.29 is 9.59 Å².